The molecule has 1 amide bonds. The van der Waals surface area contributed by atoms with Crippen LogP contribution in [-0.4, -0.2) is 52.8 Å². The monoisotopic (exact) mass is 541 g/mol. The van der Waals surface area contributed by atoms with Crippen molar-refractivity contribution in [2.75, 3.05) is 26.7 Å². The molecule has 1 aliphatic heterocycles. The summed E-state index contributed by atoms with van der Waals surface area (Å²) in [5, 5.41) is 21.5. The lowest BCUT2D eigenvalue weighted by molar-refractivity contribution is -0.143. The Kier molecular flexibility index (Phi) is 8.75. The number of rotatable bonds is 7. The Bertz CT molecular complexity index is 1410. The van der Waals surface area contributed by atoms with Gasteiger partial charge in [-0.2, -0.15) is 0 Å². The minimum absolute atomic E-state index is 0.194. The van der Waals surface area contributed by atoms with Crippen LogP contribution in [0.15, 0.2) is 36.5 Å². The molecule has 3 aromatic rings. The highest BCUT2D eigenvalue weighted by Crippen LogP contribution is 2.40. The molecule has 39 heavy (non-hydrogen) atoms. The van der Waals surface area contributed by atoms with Gasteiger partial charge in [0, 0.05) is 36.8 Å². The summed E-state index contributed by atoms with van der Waals surface area (Å²) in [5.74, 6) is 2.12. The molecule has 1 aromatic heterocycles. The van der Waals surface area contributed by atoms with Crippen molar-refractivity contribution < 1.29 is 33.0 Å². The maximum atomic E-state index is 13.8. The van der Waals surface area contributed by atoms with Crippen molar-refractivity contribution in [2.45, 2.75) is 38.7 Å². The summed E-state index contributed by atoms with van der Waals surface area (Å²) in [7, 11) is 1.56. The number of methoxy groups -OCH3 is 1. The number of amides is 1. The number of carbonyl (C=O) groups excluding carboxylic acids is 1. The standard InChI is InChI=1S/C29H30F3N3O4/c1-18-17-33-25-6-5-20(39-2)16-22(25)27(18)26(36)7-8-29(28(37)34-38)9-12-35(13-10-29)11-3-4-21-23(31)14-19(30)15-24(21)32/h5-6,14-17,26,36,38H,7-13H2,1-2H3,(H,34,37)/t26-/m1/s1. The molecule has 2 heterocycles. The first-order valence-electron chi connectivity index (χ1n) is 12.6. The molecule has 0 spiro atoms. The summed E-state index contributed by atoms with van der Waals surface area (Å²) in [5.41, 5.74) is 2.62. The first-order chi connectivity index (χ1) is 18.7. The number of nitrogens with zero attached hydrogens (tertiary/aromatic N) is 2. The number of benzene rings is 2. The van der Waals surface area contributed by atoms with Crippen LogP contribution in [0.5, 0.6) is 5.75 Å². The molecule has 4 rings (SSSR count). The number of hydroxylamine groups is 1. The van der Waals surface area contributed by atoms with E-state index in [1.165, 1.54) is 0 Å². The lowest BCUT2D eigenvalue weighted by Crippen LogP contribution is -2.48. The maximum Gasteiger partial charge on any atom is 0.249 e. The third-order valence-electron chi connectivity index (χ3n) is 7.46. The van der Waals surface area contributed by atoms with Crippen LogP contribution >= 0.6 is 0 Å². The van der Waals surface area contributed by atoms with Crippen LogP contribution in [-0.2, 0) is 4.79 Å². The second-order valence-corrected chi connectivity index (χ2v) is 9.84. The van der Waals surface area contributed by atoms with Gasteiger partial charge in [0.1, 0.15) is 23.2 Å². The summed E-state index contributed by atoms with van der Waals surface area (Å²) < 4.78 is 46.1. The van der Waals surface area contributed by atoms with Gasteiger partial charge in [-0.1, -0.05) is 11.8 Å². The SMILES string of the molecule is COc1ccc2ncc(C)c([C@H](O)CCC3(C(=O)NO)CCN(CC#Cc4c(F)cc(F)cc4F)CC3)c2c1. The number of hydrogen-bond acceptors (Lipinski definition) is 6. The molecule has 0 aliphatic carbocycles. The Balaban J connectivity index is 1.45. The number of aryl methyl sites for hydroxylation is 1. The molecule has 0 bridgehead atoms. The number of aliphatic hydroxyl groups excluding tert-OH is 1. The number of fused-ring (bicyclic) bond motifs is 1. The number of carbonyl (C=O) groups is 1. The number of likely N-dealkylation sites (tertiary alicyclic amines) is 1. The molecular formula is C29H30F3N3O4. The van der Waals surface area contributed by atoms with Gasteiger partial charge in [-0.15, -0.1) is 0 Å². The van der Waals surface area contributed by atoms with Gasteiger partial charge in [-0.25, -0.2) is 18.7 Å². The van der Waals surface area contributed by atoms with Gasteiger partial charge < -0.3 is 9.84 Å². The molecular weight excluding hydrogens is 511 g/mol. The largest absolute Gasteiger partial charge is 0.497 e. The number of hydrogen-bond donors (Lipinski definition) is 3. The van der Waals surface area contributed by atoms with Gasteiger partial charge in [0.25, 0.3) is 0 Å². The average molecular weight is 542 g/mol. The van der Waals surface area contributed by atoms with Crippen LogP contribution in [0.3, 0.4) is 0 Å². The van der Waals surface area contributed by atoms with Crippen molar-refractivity contribution in [2.24, 2.45) is 5.41 Å². The molecule has 3 N–H and O–H groups in total. The number of pyridine rings is 1. The number of halogens is 3. The fourth-order valence-electron chi connectivity index (χ4n) is 5.17. The van der Waals surface area contributed by atoms with E-state index in [1.807, 2.05) is 24.0 Å². The molecule has 206 valence electrons. The van der Waals surface area contributed by atoms with Crippen LogP contribution in [0, 0.1) is 41.6 Å². The predicted octanol–water partition coefficient (Wildman–Crippen LogP) is 4.42. The number of piperidine rings is 1. The lowest BCUT2D eigenvalue weighted by Gasteiger charge is -2.40. The van der Waals surface area contributed by atoms with Crippen molar-refractivity contribution in [1.29, 1.82) is 0 Å². The van der Waals surface area contributed by atoms with E-state index in [0.29, 0.717) is 61.3 Å². The van der Waals surface area contributed by atoms with E-state index in [2.05, 4.69) is 16.8 Å². The maximum absolute atomic E-state index is 13.8. The Morgan fingerprint density at radius 1 is 1.21 bits per heavy atom. The van der Waals surface area contributed by atoms with Crippen molar-refractivity contribution >= 4 is 16.8 Å². The third-order valence-corrected chi connectivity index (χ3v) is 7.46. The second kappa shape index (κ2) is 12.0. The Morgan fingerprint density at radius 2 is 1.90 bits per heavy atom. The van der Waals surface area contributed by atoms with Crippen LogP contribution in [0.1, 0.15) is 48.5 Å². The fourth-order valence-corrected chi connectivity index (χ4v) is 5.17. The van der Waals surface area contributed by atoms with E-state index in [4.69, 9.17) is 4.74 Å². The number of aliphatic hydroxyl groups is 1. The van der Waals surface area contributed by atoms with Crippen molar-refractivity contribution in [3.8, 4) is 17.6 Å². The minimum Gasteiger partial charge on any atom is -0.497 e. The summed E-state index contributed by atoms with van der Waals surface area (Å²) in [4.78, 5) is 19.1. The summed E-state index contributed by atoms with van der Waals surface area (Å²) in [6, 6.07) is 6.61. The van der Waals surface area contributed by atoms with Crippen LogP contribution < -0.4 is 10.2 Å². The van der Waals surface area contributed by atoms with Crippen LogP contribution in [0.25, 0.3) is 10.9 Å². The highest BCUT2D eigenvalue weighted by molar-refractivity contribution is 5.85. The zero-order valence-corrected chi connectivity index (χ0v) is 21.7. The first kappa shape index (κ1) is 28.4. The minimum atomic E-state index is -1.06. The zero-order chi connectivity index (χ0) is 28.2. The summed E-state index contributed by atoms with van der Waals surface area (Å²) in [6.07, 6.45) is 2.18. The number of nitrogens with one attached hydrogen (secondary N) is 1. The molecule has 1 fully saturated rings. The third kappa shape index (κ3) is 6.17. The molecule has 1 saturated heterocycles. The molecule has 1 aliphatic rings. The van der Waals surface area contributed by atoms with E-state index >= 15 is 0 Å². The van der Waals surface area contributed by atoms with Crippen LogP contribution in [0.4, 0.5) is 13.2 Å². The van der Waals surface area contributed by atoms with E-state index in [1.54, 1.807) is 24.9 Å². The molecule has 0 radical (unpaired) electrons. The molecule has 7 nitrogen and oxygen atoms in total. The normalized spacial score (nSPS) is 15.9. The van der Waals surface area contributed by atoms with Gasteiger partial charge >= 0.3 is 0 Å². The molecule has 10 heteroatoms. The quantitative estimate of drug-likeness (QED) is 0.233. The van der Waals surface area contributed by atoms with Gasteiger partial charge in [0.15, 0.2) is 0 Å². The lowest BCUT2D eigenvalue weighted by atomic mass is 9.73. The molecule has 0 unspecified atom stereocenters. The van der Waals surface area contributed by atoms with Gasteiger partial charge in [-0.3, -0.25) is 19.9 Å². The highest BCUT2D eigenvalue weighted by atomic mass is 19.1. The molecule has 0 saturated carbocycles. The summed E-state index contributed by atoms with van der Waals surface area (Å²) >= 11 is 0. The Labute approximate surface area is 224 Å². The van der Waals surface area contributed by atoms with Crippen molar-refractivity contribution in [1.82, 2.24) is 15.4 Å². The van der Waals surface area contributed by atoms with Crippen molar-refractivity contribution in [3.05, 3.63) is 70.7 Å². The van der Waals surface area contributed by atoms with Gasteiger partial charge in [0.2, 0.25) is 5.91 Å². The van der Waals surface area contributed by atoms with Crippen molar-refractivity contribution in [3.63, 3.8) is 0 Å². The van der Waals surface area contributed by atoms with E-state index in [-0.39, 0.29) is 13.0 Å². The molecule has 2 aromatic carbocycles. The predicted molar refractivity (Wildman–Crippen MR) is 138 cm³/mol. The van der Waals surface area contributed by atoms with E-state index in [0.717, 1.165) is 10.9 Å². The Morgan fingerprint density at radius 3 is 2.54 bits per heavy atom. The Hall–Kier alpha value is -3.65. The van der Waals surface area contributed by atoms with E-state index in [9.17, 15) is 28.3 Å². The first-order valence-corrected chi connectivity index (χ1v) is 12.6. The second-order valence-electron chi connectivity index (χ2n) is 9.84. The summed E-state index contributed by atoms with van der Waals surface area (Å²) in [6.45, 7) is 2.95. The number of aromatic nitrogens is 1. The number of ether oxygens (including phenoxy) is 1. The highest BCUT2D eigenvalue weighted by Gasteiger charge is 2.41. The smallest absolute Gasteiger partial charge is 0.249 e. The molecule has 1 atom stereocenters. The van der Waals surface area contributed by atoms with Crippen LogP contribution in [0.2, 0.25) is 0 Å². The van der Waals surface area contributed by atoms with Gasteiger partial charge in [0.05, 0.1) is 36.3 Å². The zero-order valence-electron chi connectivity index (χ0n) is 21.7. The average Bonchev–Trinajstić information content (AvgIpc) is 2.93. The topological polar surface area (TPSA) is 94.9 Å². The van der Waals surface area contributed by atoms with Gasteiger partial charge in [-0.05, 0) is 61.9 Å². The van der Waals surface area contributed by atoms with E-state index < -0.39 is 40.4 Å². The fraction of sp³-hybridized carbons (Fsp3) is 0.379.